The van der Waals surface area contributed by atoms with Gasteiger partial charge in [0.05, 0.1) is 18.8 Å². The summed E-state index contributed by atoms with van der Waals surface area (Å²) in [6.45, 7) is 3.37. The molecule has 72 valence electrons. The second kappa shape index (κ2) is 4.80. The molecule has 1 N–H and O–H groups in total. The van der Waals surface area contributed by atoms with Crippen molar-refractivity contribution in [3.05, 3.63) is 0 Å². The number of rotatable bonds is 3. The van der Waals surface area contributed by atoms with Crippen molar-refractivity contribution in [2.75, 3.05) is 20.3 Å². The summed E-state index contributed by atoms with van der Waals surface area (Å²) in [5, 5.41) is 9.65. The lowest BCUT2D eigenvalue weighted by Crippen LogP contribution is -2.40. The van der Waals surface area contributed by atoms with Crippen molar-refractivity contribution in [1.82, 2.24) is 0 Å². The second-order valence-corrected chi connectivity index (χ2v) is 3.28. The van der Waals surface area contributed by atoms with Crippen molar-refractivity contribution >= 4 is 0 Å². The van der Waals surface area contributed by atoms with E-state index < -0.39 is 0 Å². The largest absolute Gasteiger partial charge is 0.393 e. The van der Waals surface area contributed by atoms with Gasteiger partial charge in [-0.05, 0) is 12.8 Å². The van der Waals surface area contributed by atoms with E-state index in [0.29, 0.717) is 6.61 Å². The summed E-state index contributed by atoms with van der Waals surface area (Å²) in [6.07, 6.45) is 1.55. The van der Waals surface area contributed by atoms with Crippen LogP contribution < -0.4 is 0 Å². The van der Waals surface area contributed by atoms with E-state index in [9.17, 15) is 5.11 Å². The monoisotopic (exact) mass is 174 g/mol. The zero-order valence-electron chi connectivity index (χ0n) is 7.82. The molecule has 12 heavy (non-hydrogen) atoms. The van der Waals surface area contributed by atoms with Crippen molar-refractivity contribution < 1.29 is 14.6 Å². The van der Waals surface area contributed by atoms with Crippen molar-refractivity contribution in [2.24, 2.45) is 5.92 Å². The summed E-state index contributed by atoms with van der Waals surface area (Å²) in [6, 6.07) is 0. The van der Waals surface area contributed by atoms with Crippen LogP contribution in [-0.2, 0) is 9.47 Å². The normalized spacial score (nSPS) is 33.2. The number of aliphatic hydroxyl groups excluding tert-OH is 1. The average molecular weight is 174 g/mol. The number of hydrogen-bond donors (Lipinski definition) is 1. The van der Waals surface area contributed by atoms with E-state index in [0.717, 1.165) is 19.4 Å². The molecule has 0 radical (unpaired) electrons. The number of methoxy groups -OCH3 is 1. The molecule has 1 aliphatic rings. The molecule has 1 heterocycles. The molecule has 0 amide bonds. The molecule has 0 spiro atoms. The third kappa shape index (κ3) is 2.19. The molecule has 1 saturated heterocycles. The van der Waals surface area contributed by atoms with Crippen LogP contribution in [-0.4, -0.2) is 37.6 Å². The lowest BCUT2D eigenvalue weighted by molar-refractivity contribution is -0.100. The lowest BCUT2D eigenvalue weighted by Gasteiger charge is -2.33. The van der Waals surface area contributed by atoms with E-state index in [1.54, 1.807) is 7.11 Å². The van der Waals surface area contributed by atoms with E-state index in [1.807, 2.05) is 6.92 Å². The summed E-state index contributed by atoms with van der Waals surface area (Å²) in [5.74, 6) is 0.258. The fourth-order valence-corrected chi connectivity index (χ4v) is 1.71. The molecule has 3 atom stereocenters. The third-order valence-electron chi connectivity index (χ3n) is 2.57. The smallest absolute Gasteiger partial charge is 0.0858 e. The molecule has 0 aliphatic carbocycles. The summed E-state index contributed by atoms with van der Waals surface area (Å²) >= 11 is 0. The molecule has 1 aliphatic heterocycles. The maximum atomic E-state index is 9.65. The van der Waals surface area contributed by atoms with Gasteiger partial charge in [0.15, 0.2) is 0 Å². The summed E-state index contributed by atoms with van der Waals surface area (Å²) in [4.78, 5) is 0. The van der Waals surface area contributed by atoms with Gasteiger partial charge in [0.2, 0.25) is 0 Å². The second-order valence-electron chi connectivity index (χ2n) is 3.28. The Kier molecular flexibility index (Phi) is 3.98. The molecule has 1 rings (SSSR count). The van der Waals surface area contributed by atoms with Crippen LogP contribution in [0, 0.1) is 5.92 Å². The highest BCUT2D eigenvalue weighted by molar-refractivity contribution is 4.79. The van der Waals surface area contributed by atoms with Crippen LogP contribution in [0.1, 0.15) is 19.8 Å². The van der Waals surface area contributed by atoms with Crippen LogP contribution in [0.2, 0.25) is 0 Å². The maximum absolute atomic E-state index is 9.65. The van der Waals surface area contributed by atoms with Gasteiger partial charge in [-0.2, -0.15) is 0 Å². The Balaban J connectivity index is 2.46. The van der Waals surface area contributed by atoms with Crippen LogP contribution in [0.4, 0.5) is 0 Å². The standard InChI is InChI=1S/C9H18O3/c1-3-8(10)7-4-5-12-6-9(7)11-2/h7-10H,3-6H2,1-2H3. The van der Waals surface area contributed by atoms with E-state index in [1.165, 1.54) is 0 Å². The van der Waals surface area contributed by atoms with Gasteiger partial charge in [-0.3, -0.25) is 0 Å². The predicted octanol–water partition coefficient (Wildman–Crippen LogP) is 0.809. The van der Waals surface area contributed by atoms with Crippen molar-refractivity contribution in [3.8, 4) is 0 Å². The van der Waals surface area contributed by atoms with Gasteiger partial charge in [0.25, 0.3) is 0 Å². The zero-order chi connectivity index (χ0) is 8.97. The zero-order valence-corrected chi connectivity index (χ0v) is 7.82. The Morgan fingerprint density at radius 3 is 3.00 bits per heavy atom. The highest BCUT2D eigenvalue weighted by atomic mass is 16.5. The SMILES string of the molecule is CCC(O)C1CCOCC1OC. The maximum Gasteiger partial charge on any atom is 0.0858 e. The first-order valence-electron chi connectivity index (χ1n) is 4.58. The molecular weight excluding hydrogens is 156 g/mol. The molecule has 3 unspecified atom stereocenters. The fourth-order valence-electron chi connectivity index (χ4n) is 1.71. The predicted molar refractivity (Wildman–Crippen MR) is 46.0 cm³/mol. The summed E-state index contributed by atoms with van der Waals surface area (Å²) in [5.41, 5.74) is 0. The first kappa shape index (κ1) is 9.96. The first-order valence-corrected chi connectivity index (χ1v) is 4.58. The lowest BCUT2D eigenvalue weighted by atomic mass is 9.90. The third-order valence-corrected chi connectivity index (χ3v) is 2.57. The Morgan fingerprint density at radius 1 is 1.67 bits per heavy atom. The fraction of sp³-hybridized carbons (Fsp3) is 1.00. The minimum atomic E-state index is -0.237. The van der Waals surface area contributed by atoms with Crippen LogP contribution in [0.25, 0.3) is 0 Å². The summed E-state index contributed by atoms with van der Waals surface area (Å²) in [7, 11) is 1.68. The number of hydrogen-bond acceptors (Lipinski definition) is 3. The van der Waals surface area contributed by atoms with Crippen molar-refractivity contribution in [2.45, 2.75) is 32.0 Å². The van der Waals surface area contributed by atoms with Gasteiger partial charge in [0.1, 0.15) is 0 Å². The van der Waals surface area contributed by atoms with E-state index in [-0.39, 0.29) is 18.1 Å². The molecule has 0 aromatic rings. The molecule has 0 bridgehead atoms. The Bertz CT molecular complexity index is 127. The van der Waals surface area contributed by atoms with Gasteiger partial charge >= 0.3 is 0 Å². The Hall–Kier alpha value is -0.120. The van der Waals surface area contributed by atoms with Gasteiger partial charge < -0.3 is 14.6 Å². The van der Waals surface area contributed by atoms with Crippen molar-refractivity contribution in [3.63, 3.8) is 0 Å². The Morgan fingerprint density at radius 2 is 2.42 bits per heavy atom. The number of aliphatic hydroxyl groups is 1. The van der Waals surface area contributed by atoms with E-state index in [4.69, 9.17) is 9.47 Å². The molecule has 0 saturated carbocycles. The van der Waals surface area contributed by atoms with Crippen LogP contribution >= 0.6 is 0 Å². The molecule has 3 heteroatoms. The summed E-state index contributed by atoms with van der Waals surface area (Å²) < 4.78 is 10.5. The molecule has 0 aromatic heterocycles. The quantitative estimate of drug-likeness (QED) is 0.688. The molecule has 1 fully saturated rings. The average Bonchev–Trinajstić information content (AvgIpc) is 2.16. The van der Waals surface area contributed by atoms with Crippen LogP contribution in [0.3, 0.4) is 0 Å². The highest BCUT2D eigenvalue weighted by Gasteiger charge is 2.30. The van der Waals surface area contributed by atoms with Gasteiger partial charge in [0, 0.05) is 19.6 Å². The van der Waals surface area contributed by atoms with E-state index >= 15 is 0 Å². The van der Waals surface area contributed by atoms with Crippen LogP contribution in [0.5, 0.6) is 0 Å². The molecule has 0 aromatic carbocycles. The van der Waals surface area contributed by atoms with Gasteiger partial charge in [-0.1, -0.05) is 6.92 Å². The van der Waals surface area contributed by atoms with Gasteiger partial charge in [-0.25, -0.2) is 0 Å². The topological polar surface area (TPSA) is 38.7 Å². The number of ether oxygens (including phenoxy) is 2. The van der Waals surface area contributed by atoms with Crippen LogP contribution in [0.15, 0.2) is 0 Å². The minimum absolute atomic E-state index is 0.0775. The first-order chi connectivity index (χ1) is 5.79. The Labute approximate surface area is 73.7 Å². The van der Waals surface area contributed by atoms with Crippen molar-refractivity contribution in [1.29, 1.82) is 0 Å². The highest BCUT2D eigenvalue weighted by Crippen LogP contribution is 2.23. The minimum Gasteiger partial charge on any atom is -0.393 e. The molecule has 3 nitrogen and oxygen atoms in total. The van der Waals surface area contributed by atoms with Gasteiger partial charge in [-0.15, -0.1) is 0 Å². The van der Waals surface area contributed by atoms with E-state index in [2.05, 4.69) is 0 Å². The molecular formula is C9H18O3.